The van der Waals surface area contributed by atoms with Gasteiger partial charge in [-0.25, -0.2) is 15.0 Å². The molecule has 2 aliphatic rings. The number of hydrogen-bond donors (Lipinski definition) is 3. The summed E-state index contributed by atoms with van der Waals surface area (Å²) in [7, 11) is 0. The summed E-state index contributed by atoms with van der Waals surface area (Å²) in [6.07, 6.45) is 5.42. The Hall–Kier alpha value is -2.30. The molecule has 4 rings (SSSR count). The van der Waals surface area contributed by atoms with Crippen LogP contribution in [0.5, 0.6) is 0 Å². The number of rotatable bonds is 8. The van der Waals surface area contributed by atoms with E-state index in [1.165, 1.54) is 25.5 Å². The summed E-state index contributed by atoms with van der Waals surface area (Å²) in [5, 5.41) is 24.4. The average molecular weight is 419 g/mol. The van der Waals surface area contributed by atoms with E-state index in [4.69, 9.17) is 9.47 Å². The fourth-order valence-electron chi connectivity index (χ4n) is 4.07. The number of nitrogens with zero attached hydrogens (tertiary/aromatic N) is 4. The highest BCUT2D eigenvalue weighted by molar-refractivity contribution is 5.82. The minimum absolute atomic E-state index is 0.118. The predicted molar refractivity (Wildman–Crippen MR) is 108 cm³/mol. The van der Waals surface area contributed by atoms with E-state index < -0.39 is 24.5 Å². The van der Waals surface area contributed by atoms with Crippen molar-refractivity contribution in [3.8, 4) is 0 Å². The summed E-state index contributed by atoms with van der Waals surface area (Å²) in [6.45, 7) is 1.87. The number of aliphatic hydroxyl groups is 2. The van der Waals surface area contributed by atoms with Gasteiger partial charge in [-0.3, -0.25) is 9.36 Å². The lowest BCUT2D eigenvalue weighted by Crippen LogP contribution is -2.34. The number of carbonyl (C=O) groups excluding carboxylic acids is 1. The van der Waals surface area contributed by atoms with Gasteiger partial charge in [-0.15, -0.1) is 0 Å². The molecule has 30 heavy (non-hydrogen) atoms. The molecule has 164 valence electrons. The third kappa shape index (κ3) is 4.26. The van der Waals surface area contributed by atoms with Crippen LogP contribution in [0.3, 0.4) is 0 Å². The van der Waals surface area contributed by atoms with Crippen LogP contribution >= 0.6 is 0 Å². The molecule has 1 saturated carbocycles. The number of nitrogens with one attached hydrogen (secondary N) is 1. The minimum atomic E-state index is -1.21. The first-order valence-electron chi connectivity index (χ1n) is 10.7. The van der Waals surface area contributed by atoms with E-state index in [2.05, 4.69) is 20.3 Å². The summed E-state index contributed by atoms with van der Waals surface area (Å²) < 4.78 is 12.6. The van der Waals surface area contributed by atoms with Gasteiger partial charge < -0.3 is 25.0 Å². The van der Waals surface area contributed by atoms with Crippen molar-refractivity contribution in [3.63, 3.8) is 0 Å². The maximum Gasteiger partial charge on any atom is 0.305 e. The molecule has 0 spiro atoms. The molecule has 0 bridgehead atoms. The molecule has 0 unspecified atom stereocenters. The quantitative estimate of drug-likeness (QED) is 0.545. The van der Waals surface area contributed by atoms with Crippen LogP contribution in [0, 0.1) is 0 Å². The molecule has 4 atom stereocenters. The number of imidazole rings is 1. The second kappa shape index (κ2) is 9.23. The van der Waals surface area contributed by atoms with Gasteiger partial charge in [0.25, 0.3) is 0 Å². The van der Waals surface area contributed by atoms with Crippen molar-refractivity contribution >= 4 is 23.0 Å². The Bertz CT molecular complexity index is 868. The van der Waals surface area contributed by atoms with Crippen LogP contribution in [-0.2, 0) is 14.3 Å². The zero-order valence-electron chi connectivity index (χ0n) is 17.1. The molecule has 1 saturated heterocycles. The molecule has 3 N–H and O–H groups in total. The molecule has 1 aliphatic carbocycles. The summed E-state index contributed by atoms with van der Waals surface area (Å²) in [5.41, 5.74) is 1.09. The van der Waals surface area contributed by atoms with Crippen LogP contribution in [0.25, 0.3) is 11.2 Å². The second-order valence-electron chi connectivity index (χ2n) is 8.00. The molecule has 10 heteroatoms. The van der Waals surface area contributed by atoms with E-state index in [0.29, 0.717) is 29.4 Å². The molecular weight excluding hydrogens is 390 g/mol. The van der Waals surface area contributed by atoms with E-state index in [1.807, 2.05) is 6.92 Å². The maximum absolute atomic E-state index is 11.8. The van der Waals surface area contributed by atoms with Crippen molar-refractivity contribution in [1.29, 1.82) is 0 Å². The fraction of sp³-hybridized carbons (Fsp3) is 0.700. The van der Waals surface area contributed by atoms with E-state index in [9.17, 15) is 15.0 Å². The van der Waals surface area contributed by atoms with Gasteiger partial charge in [-0.2, -0.15) is 0 Å². The highest BCUT2D eigenvalue weighted by Crippen LogP contribution is 2.33. The molecule has 2 aromatic heterocycles. The van der Waals surface area contributed by atoms with Crippen molar-refractivity contribution in [2.75, 3.05) is 11.9 Å². The van der Waals surface area contributed by atoms with Gasteiger partial charge in [0.15, 0.2) is 23.2 Å². The van der Waals surface area contributed by atoms with Gasteiger partial charge in [0, 0.05) is 12.5 Å². The van der Waals surface area contributed by atoms with Gasteiger partial charge in [0.2, 0.25) is 0 Å². The van der Waals surface area contributed by atoms with E-state index >= 15 is 0 Å². The van der Waals surface area contributed by atoms with Crippen LogP contribution in [0.4, 0.5) is 5.82 Å². The number of carbonyl (C=O) groups is 1. The summed E-state index contributed by atoms with van der Waals surface area (Å²) >= 11 is 0. The first-order chi connectivity index (χ1) is 14.6. The molecule has 0 aromatic carbocycles. The summed E-state index contributed by atoms with van der Waals surface area (Å²) in [5.74, 6) is 0.314. The van der Waals surface area contributed by atoms with Gasteiger partial charge in [-0.1, -0.05) is 26.2 Å². The van der Waals surface area contributed by atoms with Crippen LogP contribution in [0.15, 0.2) is 12.7 Å². The molecular formula is C20H29N5O5. The number of aliphatic hydroxyl groups excluding tert-OH is 2. The Labute approximate surface area is 174 Å². The first-order valence-corrected chi connectivity index (χ1v) is 10.7. The van der Waals surface area contributed by atoms with E-state index in [1.54, 1.807) is 4.57 Å². The topological polar surface area (TPSA) is 132 Å². The van der Waals surface area contributed by atoms with Crippen molar-refractivity contribution in [1.82, 2.24) is 19.5 Å². The third-order valence-corrected chi connectivity index (χ3v) is 5.81. The molecule has 3 heterocycles. The Morgan fingerprint density at radius 2 is 2.07 bits per heavy atom. The van der Waals surface area contributed by atoms with Crippen LogP contribution in [0.1, 0.15) is 58.1 Å². The zero-order valence-corrected chi connectivity index (χ0v) is 17.1. The van der Waals surface area contributed by atoms with E-state index in [-0.39, 0.29) is 12.6 Å². The zero-order chi connectivity index (χ0) is 21.1. The lowest BCUT2D eigenvalue weighted by molar-refractivity contribution is -0.150. The number of unbranched alkanes of at least 4 members (excludes halogenated alkanes) is 1. The van der Waals surface area contributed by atoms with Crippen molar-refractivity contribution < 1.29 is 24.5 Å². The van der Waals surface area contributed by atoms with Crippen LogP contribution in [0.2, 0.25) is 0 Å². The van der Waals surface area contributed by atoms with Gasteiger partial charge >= 0.3 is 5.97 Å². The summed E-state index contributed by atoms with van der Waals surface area (Å²) in [4.78, 5) is 24.8. The molecule has 2 aromatic rings. The SMILES string of the molecule is CCCCC(=O)OC[C@H]1O[C@@H](n2cnc3c(NC4CCCC4)ncnc32)[C@H](O)[C@@H]1O. The standard InChI is InChI=1S/C20H29N5O5/c1-2-3-8-14(26)29-9-13-16(27)17(28)20(30-13)25-11-23-15-18(21-10-22-19(15)25)24-12-6-4-5-7-12/h10-13,16-17,20,27-28H,2-9H2,1H3,(H,21,22,24)/t13-,16-,17-,20-/m1/s1. The average Bonchev–Trinajstić information content (AvgIpc) is 3.47. The molecule has 2 fully saturated rings. The molecule has 1 aliphatic heterocycles. The number of hydrogen-bond acceptors (Lipinski definition) is 9. The van der Waals surface area contributed by atoms with Gasteiger partial charge in [0.1, 0.15) is 31.2 Å². The Morgan fingerprint density at radius 1 is 1.27 bits per heavy atom. The Balaban J connectivity index is 1.47. The van der Waals surface area contributed by atoms with Gasteiger partial charge in [-0.05, 0) is 19.3 Å². The Morgan fingerprint density at radius 3 is 2.83 bits per heavy atom. The number of esters is 1. The Kier molecular flexibility index (Phi) is 6.45. The van der Waals surface area contributed by atoms with E-state index in [0.717, 1.165) is 25.7 Å². The van der Waals surface area contributed by atoms with Crippen molar-refractivity contribution in [2.45, 2.75) is 82.5 Å². The molecule has 10 nitrogen and oxygen atoms in total. The number of aromatic nitrogens is 4. The second-order valence-corrected chi connectivity index (χ2v) is 8.00. The minimum Gasteiger partial charge on any atom is -0.463 e. The smallest absolute Gasteiger partial charge is 0.305 e. The highest BCUT2D eigenvalue weighted by Gasteiger charge is 2.45. The number of fused-ring (bicyclic) bond motifs is 1. The lowest BCUT2D eigenvalue weighted by atomic mass is 10.1. The predicted octanol–water partition coefficient (Wildman–Crippen LogP) is 1.53. The first kappa shape index (κ1) is 21.0. The lowest BCUT2D eigenvalue weighted by Gasteiger charge is -2.17. The van der Waals surface area contributed by atoms with Crippen LogP contribution in [-0.4, -0.2) is 66.7 Å². The van der Waals surface area contributed by atoms with Crippen molar-refractivity contribution in [2.24, 2.45) is 0 Å². The van der Waals surface area contributed by atoms with Gasteiger partial charge in [0.05, 0.1) is 6.33 Å². The fourth-order valence-corrected chi connectivity index (χ4v) is 4.07. The monoisotopic (exact) mass is 419 g/mol. The summed E-state index contributed by atoms with van der Waals surface area (Å²) in [6, 6.07) is 0.371. The maximum atomic E-state index is 11.8. The number of ether oxygens (including phenoxy) is 2. The molecule has 0 radical (unpaired) electrons. The highest BCUT2D eigenvalue weighted by atomic mass is 16.6. The van der Waals surface area contributed by atoms with Crippen LogP contribution < -0.4 is 5.32 Å². The third-order valence-electron chi connectivity index (χ3n) is 5.81. The molecule has 0 amide bonds. The number of anilines is 1. The normalized spacial score (nSPS) is 27.0. The largest absolute Gasteiger partial charge is 0.463 e. The van der Waals surface area contributed by atoms with Crippen molar-refractivity contribution in [3.05, 3.63) is 12.7 Å².